The molecule has 2 fully saturated rings. The van der Waals surface area contributed by atoms with Crippen molar-refractivity contribution in [2.24, 2.45) is 0 Å². The van der Waals surface area contributed by atoms with Crippen LogP contribution in [0.25, 0.3) is 16.9 Å². The van der Waals surface area contributed by atoms with E-state index in [0.717, 1.165) is 5.69 Å². The highest BCUT2D eigenvalue weighted by molar-refractivity contribution is 7.91. The van der Waals surface area contributed by atoms with Crippen LogP contribution in [-0.2, 0) is 14.6 Å². The van der Waals surface area contributed by atoms with Crippen molar-refractivity contribution in [1.29, 1.82) is 5.26 Å². The van der Waals surface area contributed by atoms with Crippen molar-refractivity contribution in [2.45, 2.75) is 45.3 Å². The van der Waals surface area contributed by atoms with Gasteiger partial charge in [0.15, 0.2) is 15.5 Å². The number of nitrogens with one attached hydrogen (secondary N) is 1. The Morgan fingerprint density at radius 2 is 1.73 bits per heavy atom. The lowest BCUT2D eigenvalue weighted by Crippen LogP contribution is -2.50. The number of hydrogen-bond acceptors (Lipinski definition) is 8. The van der Waals surface area contributed by atoms with Crippen molar-refractivity contribution < 1.29 is 27.1 Å². The molecule has 0 saturated carbocycles. The number of sulfone groups is 1. The highest BCUT2D eigenvalue weighted by Crippen LogP contribution is 2.28. The smallest absolute Gasteiger partial charge is 0.407 e. The molecule has 13 heteroatoms. The van der Waals surface area contributed by atoms with Crippen molar-refractivity contribution >= 4 is 27.5 Å². The maximum Gasteiger partial charge on any atom is 0.407 e. The van der Waals surface area contributed by atoms with Gasteiger partial charge >= 0.3 is 6.09 Å². The third-order valence-electron chi connectivity index (χ3n) is 7.55. The average Bonchev–Trinajstić information content (AvgIpc) is 3.41. The average molecular weight is 623 g/mol. The van der Waals surface area contributed by atoms with E-state index >= 15 is 0 Å². The molecular weight excluding hydrogens is 587 g/mol. The fourth-order valence-electron chi connectivity index (χ4n) is 5.34. The molecule has 2 amide bonds. The molecule has 2 aliphatic heterocycles. The van der Waals surface area contributed by atoms with Crippen LogP contribution in [0.2, 0.25) is 0 Å². The number of aromatic nitrogens is 2. The van der Waals surface area contributed by atoms with E-state index in [9.17, 15) is 27.7 Å². The Hall–Kier alpha value is -4.44. The Morgan fingerprint density at radius 1 is 1.05 bits per heavy atom. The highest BCUT2D eigenvalue weighted by atomic mass is 32.2. The van der Waals surface area contributed by atoms with Crippen LogP contribution in [0, 0.1) is 17.1 Å². The van der Waals surface area contributed by atoms with E-state index in [1.54, 1.807) is 42.5 Å². The number of piperidine rings is 1. The maximum absolute atomic E-state index is 14.7. The Kier molecular flexibility index (Phi) is 8.65. The van der Waals surface area contributed by atoms with Crippen molar-refractivity contribution in [1.82, 2.24) is 20.0 Å². The molecule has 1 N–H and O–H groups in total. The van der Waals surface area contributed by atoms with Gasteiger partial charge in [-0.1, -0.05) is 6.07 Å². The standard InChI is InChI=1S/C31H35FN6O5S/c1-31(2,3)43-30(40)34-23-5-4-12-37(20-23)29(39)27-18-28(21-6-7-22(19-33)26(32)17-21)38(35-27)25-10-8-24(9-11-25)36-13-15-44(41,42)16-14-36/h6-11,17-18,23H,4-5,12-16,20H2,1-3H3,(H,34,40)/t23-/m1/s1. The first-order valence-electron chi connectivity index (χ1n) is 14.5. The van der Waals surface area contributed by atoms with Crippen LogP contribution >= 0.6 is 0 Å². The second kappa shape index (κ2) is 12.3. The number of amides is 2. The van der Waals surface area contributed by atoms with Gasteiger partial charge in [0.25, 0.3) is 5.91 Å². The summed E-state index contributed by atoms with van der Waals surface area (Å²) in [6.07, 6.45) is 0.836. The second-order valence-electron chi connectivity index (χ2n) is 12.0. The molecule has 2 aliphatic rings. The number of likely N-dealkylation sites (tertiary alicyclic amines) is 1. The van der Waals surface area contributed by atoms with Gasteiger partial charge in [0.2, 0.25) is 0 Å². The van der Waals surface area contributed by atoms with Gasteiger partial charge in [-0.3, -0.25) is 4.79 Å². The third-order valence-corrected chi connectivity index (χ3v) is 9.16. The number of anilines is 1. The van der Waals surface area contributed by atoms with Crippen molar-refractivity contribution in [3.63, 3.8) is 0 Å². The third kappa shape index (κ3) is 7.19. The number of alkyl carbamates (subject to hydrolysis) is 1. The summed E-state index contributed by atoms with van der Waals surface area (Å²) in [5, 5.41) is 16.7. The van der Waals surface area contributed by atoms with Crippen LogP contribution in [0.4, 0.5) is 14.9 Å². The quantitative estimate of drug-likeness (QED) is 0.452. The van der Waals surface area contributed by atoms with Crippen LogP contribution in [0.5, 0.6) is 0 Å². The summed E-state index contributed by atoms with van der Waals surface area (Å²) in [5.74, 6) is -0.828. The molecule has 44 heavy (non-hydrogen) atoms. The molecule has 0 unspecified atom stereocenters. The van der Waals surface area contributed by atoms with E-state index in [4.69, 9.17) is 4.74 Å². The van der Waals surface area contributed by atoms with Gasteiger partial charge in [0.1, 0.15) is 17.5 Å². The molecule has 2 aromatic carbocycles. The Bertz CT molecular complexity index is 1690. The number of halogens is 1. The van der Waals surface area contributed by atoms with Crippen LogP contribution in [-0.4, -0.2) is 84.4 Å². The first-order chi connectivity index (χ1) is 20.8. The lowest BCUT2D eigenvalue weighted by atomic mass is 10.0. The summed E-state index contributed by atoms with van der Waals surface area (Å²) in [7, 11) is -3.02. The molecule has 0 aliphatic carbocycles. The van der Waals surface area contributed by atoms with Gasteiger partial charge in [-0.05, 0) is 76.1 Å². The predicted molar refractivity (Wildman–Crippen MR) is 163 cm³/mol. The maximum atomic E-state index is 14.7. The van der Waals surface area contributed by atoms with Gasteiger partial charge in [-0.2, -0.15) is 10.4 Å². The van der Waals surface area contributed by atoms with Crippen molar-refractivity contribution in [2.75, 3.05) is 42.6 Å². The van der Waals surface area contributed by atoms with E-state index in [1.807, 2.05) is 35.2 Å². The van der Waals surface area contributed by atoms with Gasteiger partial charge in [-0.15, -0.1) is 0 Å². The fourth-order valence-corrected chi connectivity index (χ4v) is 6.55. The van der Waals surface area contributed by atoms with Gasteiger partial charge in [-0.25, -0.2) is 22.3 Å². The Balaban J connectivity index is 1.42. The largest absolute Gasteiger partial charge is 0.444 e. The monoisotopic (exact) mass is 622 g/mol. The lowest BCUT2D eigenvalue weighted by molar-refractivity contribution is 0.0451. The highest BCUT2D eigenvalue weighted by Gasteiger charge is 2.29. The van der Waals surface area contributed by atoms with Gasteiger partial charge in [0.05, 0.1) is 28.5 Å². The molecule has 1 atom stereocenters. The minimum absolute atomic E-state index is 0.0957. The number of ether oxygens (including phenoxy) is 1. The number of carbonyl (C=O) groups is 2. The van der Waals surface area contributed by atoms with E-state index in [0.29, 0.717) is 49.4 Å². The topological polar surface area (TPSA) is 138 Å². The molecule has 2 saturated heterocycles. The fraction of sp³-hybridized carbons (Fsp3) is 0.419. The van der Waals surface area contributed by atoms with E-state index in [2.05, 4.69) is 10.4 Å². The number of nitrogens with zero attached hydrogens (tertiary/aromatic N) is 5. The number of benzene rings is 2. The van der Waals surface area contributed by atoms with E-state index < -0.39 is 27.3 Å². The van der Waals surface area contributed by atoms with E-state index in [-0.39, 0.29) is 41.3 Å². The Labute approximate surface area is 256 Å². The van der Waals surface area contributed by atoms with Crippen molar-refractivity contribution in [3.05, 3.63) is 65.6 Å². The van der Waals surface area contributed by atoms with Crippen LogP contribution < -0.4 is 10.2 Å². The molecule has 3 heterocycles. The zero-order valence-electron chi connectivity index (χ0n) is 24.9. The molecule has 5 rings (SSSR count). The minimum atomic E-state index is -3.02. The number of nitriles is 1. The normalized spacial score (nSPS) is 18.4. The van der Waals surface area contributed by atoms with Crippen molar-refractivity contribution in [3.8, 4) is 23.0 Å². The molecule has 1 aromatic heterocycles. The summed E-state index contributed by atoms with van der Waals surface area (Å²) in [6, 6.07) is 14.7. The SMILES string of the molecule is CC(C)(C)OC(=O)N[C@@H]1CCCN(C(=O)c2cc(-c3ccc(C#N)c(F)c3)n(-c3ccc(N4CCS(=O)(=O)CC4)cc3)n2)C1. The number of rotatable bonds is 5. The number of hydrogen-bond donors (Lipinski definition) is 1. The zero-order chi connectivity index (χ0) is 31.6. The molecule has 3 aromatic rings. The number of carbonyl (C=O) groups excluding carboxylic acids is 2. The van der Waals surface area contributed by atoms with Crippen LogP contribution in [0.3, 0.4) is 0 Å². The zero-order valence-corrected chi connectivity index (χ0v) is 25.7. The lowest BCUT2D eigenvalue weighted by Gasteiger charge is -2.33. The molecule has 0 spiro atoms. The Morgan fingerprint density at radius 3 is 2.36 bits per heavy atom. The molecule has 232 valence electrons. The molecule has 0 radical (unpaired) electrons. The first kappa shape index (κ1) is 31.0. The summed E-state index contributed by atoms with van der Waals surface area (Å²) in [5.41, 5.74) is 1.76. The van der Waals surface area contributed by atoms with Crippen LogP contribution in [0.15, 0.2) is 48.5 Å². The van der Waals surface area contributed by atoms with Gasteiger partial charge < -0.3 is 19.9 Å². The summed E-state index contributed by atoms with van der Waals surface area (Å²) < 4.78 is 45.3. The first-order valence-corrected chi connectivity index (χ1v) is 16.3. The van der Waals surface area contributed by atoms with Crippen LogP contribution in [0.1, 0.15) is 49.7 Å². The second-order valence-corrected chi connectivity index (χ2v) is 14.3. The summed E-state index contributed by atoms with van der Waals surface area (Å²) in [6.45, 7) is 6.92. The molecular formula is C31H35FN6O5S. The summed E-state index contributed by atoms with van der Waals surface area (Å²) in [4.78, 5) is 29.7. The molecule has 0 bridgehead atoms. The summed E-state index contributed by atoms with van der Waals surface area (Å²) >= 11 is 0. The minimum Gasteiger partial charge on any atom is -0.444 e. The van der Waals surface area contributed by atoms with E-state index in [1.165, 1.54) is 12.1 Å². The predicted octanol–water partition coefficient (Wildman–Crippen LogP) is 3.91. The van der Waals surface area contributed by atoms with Gasteiger partial charge in [0, 0.05) is 43.5 Å². The molecule has 11 nitrogen and oxygen atoms in total.